The summed E-state index contributed by atoms with van der Waals surface area (Å²) >= 11 is 1.27. The van der Waals surface area contributed by atoms with E-state index in [4.69, 9.17) is 13.9 Å². The number of carbonyl (C=O) groups excluding carboxylic acids is 1. The van der Waals surface area contributed by atoms with Crippen LogP contribution in [0.4, 0.5) is 0 Å². The van der Waals surface area contributed by atoms with Gasteiger partial charge in [-0.15, -0.1) is 0 Å². The summed E-state index contributed by atoms with van der Waals surface area (Å²) < 4.78 is 17.3. The lowest BCUT2D eigenvalue weighted by molar-refractivity contribution is -0.136. The minimum Gasteiger partial charge on any atom is -0.497 e. The van der Waals surface area contributed by atoms with E-state index in [2.05, 4.69) is 4.99 Å². The van der Waals surface area contributed by atoms with Crippen molar-refractivity contribution in [2.45, 2.75) is 13.0 Å². The van der Waals surface area contributed by atoms with E-state index in [9.17, 15) is 9.59 Å². The lowest BCUT2D eigenvalue weighted by Gasteiger charge is -2.24. The van der Waals surface area contributed by atoms with Crippen molar-refractivity contribution >= 4 is 23.4 Å². The van der Waals surface area contributed by atoms with Crippen LogP contribution in [0, 0.1) is 0 Å². The van der Waals surface area contributed by atoms with Crippen molar-refractivity contribution in [2.24, 2.45) is 4.99 Å². The summed E-state index contributed by atoms with van der Waals surface area (Å²) in [5.41, 5.74) is 2.16. The molecule has 0 aliphatic carbocycles. The quantitative estimate of drug-likeness (QED) is 0.615. The standard InChI is InChI=1S/C21H18N2O5S/c1-12-17(20(25)27-3)18(14-4-6-15(26-2)7-5-14)23-19(24)16(29-21(23)22-12)10-13-8-9-28-11-13/h4-11,18H,1-3H3/t18-/m1/s1. The number of methoxy groups -OCH3 is 2. The van der Waals surface area contributed by atoms with Crippen molar-refractivity contribution in [3.05, 3.63) is 84.9 Å². The van der Waals surface area contributed by atoms with E-state index in [1.807, 2.05) is 12.1 Å². The summed E-state index contributed by atoms with van der Waals surface area (Å²) in [6, 6.07) is 8.37. The number of thiazole rings is 1. The van der Waals surface area contributed by atoms with E-state index in [0.29, 0.717) is 26.4 Å². The molecule has 3 heterocycles. The van der Waals surface area contributed by atoms with E-state index in [1.165, 1.54) is 23.0 Å². The molecular weight excluding hydrogens is 392 g/mol. The molecule has 8 heteroatoms. The number of carbonyl (C=O) groups is 1. The van der Waals surface area contributed by atoms with Gasteiger partial charge in [0.1, 0.15) is 5.75 Å². The van der Waals surface area contributed by atoms with Crippen molar-refractivity contribution in [3.8, 4) is 5.75 Å². The van der Waals surface area contributed by atoms with Crippen LogP contribution in [0.1, 0.15) is 24.1 Å². The Morgan fingerprint density at radius 3 is 2.62 bits per heavy atom. The molecule has 1 aliphatic heterocycles. The molecule has 0 saturated carbocycles. The molecule has 2 aromatic heterocycles. The molecule has 4 rings (SSSR count). The number of hydrogen-bond donors (Lipinski definition) is 0. The third-order valence-corrected chi connectivity index (χ3v) is 5.68. The Hall–Kier alpha value is -3.39. The summed E-state index contributed by atoms with van der Waals surface area (Å²) in [7, 11) is 2.90. The fourth-order valence-electron chi connectivity index (χ4n) is 3.30. The molecule has 148 valence electrons. The smallest absolute Gasteiger partial charge is 0.338 e. The number of benzene rings is 1. The number of allylic oxidation sites excluding steroid dienone is 1. The van der Waals surface area contributed by atoms with E-state index in [1.54, 1.807) is 50.8 Å². The Morgan fingerprint density at radius 1 is 1.24 bits per heavy atom. The maximum absolute atomic E-state index is 13.3. The second-order valence-electron chi connectivity index (χ2n) is 6.40. The minimum atomic E-state index is -0.642. The van der Waals surface area contributed by atoms with Crippen LogP contribution in [-0.4, -0.2) is 24.8 Å². The molecule has 1 atom stereocenters. The number of esters is 1. The van der Waals surface area contributed by atoms with Crippen molar-refractivity contribution < 1.29 is 18.7 Å². The molecular formula is C21H18N2O5S. The predicted octanol–water partition coefficient (Wildman–Crippen LogP) is 2.01. The highest BCUT2D eigenvalue weighted by Crippen LogP contribution is 2.31. The van der Waals surface area contributed by atoms with Gasteiger partial charge in [0.2, 0.25) is 0 Å². The van der Waals surface area contributed by atoms with Crippen LogP contribution in [0.3, 0.4) is 0 Å². The average Bonchev–Trinajstić information content (AvgIpc) is 3.35. The SMILES string of the molecule is COC(=O)C1=C(C)N=c2sc(=Cc3ccoc3)c(=O)n2[C@@H]1c1ccc(OC)cc1. The van der Waals surface area contributed by atoms with Crippen LogP contribution in [-0.2, 0) is 9.53 Å². The molecule has 0 saturated heterocycles. The zero-order valence-corrected chi connectivity index (χ0v) is 16.9. The average molecular weight is 410 g/mol. The largest absolute Gasteiger partial charge is 0.497 e. The van der Waals surface area contributed by atoms with Crippen molar-refractivity contribution in [2.75, 3.05) is 14.2 Å². The third kappa shape index (κ3) is 3.31. The predicted molar refractivity (Wildman–Crippen MR) is 107 cm³/mol. The van der Waals surface area contributed by atoms with E-state index >= 15 is 0 Å². The molecule has 0 bridgehead atoms. The fraction of sp³-hybridized carbons (Fsp3) is 0.190. The number of rotatable bonds is 4. The van der Waals surface area contributed by atoms with Gasteiger partial charge in [0.05, 0.1) is 48.6 Å². The zero-order chi connectivity index (χ0) is 20.5. The summed E-state index contributed by atoms with van der Waals surface area (Å²) in [6.07, 6.45) is 4.85. The van der Waals surface area contributed by atoms with Gasteiger partial charge in [0.15, 0.2) is 4.80 Å². The molecule has 0 unspecified atom stereocenters. The second kappa shape index (κ2) is 7.56. The first-order chi connectivity index (χ1) is 14.0. The number of fused-ring (bicyclic) bond motifs is 1. The Bertz CT molecular complexity index is 1260. The Kier molecular flexibility index (Phi) is 4.94. The summed E-state index contributed by atoms with van der Waals surface area (Å²) in [5, 5.41) is 0. The molecule has 29 heavy (non-hydrogen) atoms. The van der Waals surface area contributed by atoms with Crippen LogP contribution in [0.5, 0.6) is 5.75 Å². The van der Waals surface area contributed by atoms with Gasteiger partial charge in [0, 0.05) is 5.56 Å². The highest BCUT2D eigenvalue weighted by atomic mass is 32.1. The minimum absolute atomic E-state index is 0.232. The van der Waals surface area contributed by atoms with Crippen LogP contribution in [0.2, 0.25) is 0 Å². The van der Waals surface area contributed by atoms with Gasteiger partial charge in [0.25, 0.3) is 5.56 Å². The van der Waals surface area contributed by atoms with E-state index in [0.717, 1.165) is 11.1 Å². The van der Waals surface area contributed by atoms with Gasteiger partial charge < -0.3 is 13.9 Å². The number of ether oxygens (including phenoxy) is 2. The van der Waals surface area contributed by atoms with Gasteiger partial charge in [-0.25, -0.2) is 9.79 Å². The number of furan rings is 1. The molecule has 3 aromatic rings. The van der Waals surface area contributed by atoms with Gasteiger partial charge in [-0.1, -0.05) is 23.5 Å². The first kappa shape index (κ1) is 18.9. The normalized spacial score (nSPS) is 16.4. The highest BCUT2D eigenvalue weighted by Gasteiger charge is 2.33. The van der Waals surface area contributed by atoms with Gasteiger partial charge in [-0.3, -0.25) is 9.36 Å². The first-order valence-electron chi connectivity index (χ1n) is 8.80. The van der Waals surface area contributed by atoms with Crippen LogP contribution in [0.25, 0.3) is 6.08 Å². The Labute approximate surface area is 169 Å². The topological polar surface area (TPSA) is 83.0 Å². The van der Waals surface area contributed by atoms with Crippen molar-refractivity contribution in [3.63, 3.8) is 0 Å². The van der Waals surface area contributed by atoms with Gasteiger partial charge in [-0.05, 0) is 36.8 Å². The molecule has 1 aliphatic rings. The second-order valence-corrected chi connectivity index (χ2v) is 7.41. The highest BCUT2D eigenvalue weighted by molar-refractivity contribution is 7.07. The number of nitrogens with zero attached hydrogens (tertiary/aromatic N) is 2. The molecule has 7 nitrogen and oxygen atoms in total. The van der Waals surface area contributed by atoms with Gasteiger partial charge in [-0.2, -0.15) is 0 Å². The summed E-state index contributed by atoms with van der Waals surface area (Å²) in [6.45, 7) is 1.75. The molecule has 0 N–H and O–H groups in total. The maximum atomic E-state index is 13.3. The Morgan fingerprint density at radius 2 is 2.00 bits per heavy atom. The maximum Gasteiger partial charge on any atom is 0.338 e. The number of hydrogen-bond acceptors (Lipinski definition) is 7. The molecule has 1 aromatic carbocycles. The fourth-order valence-corrected chi connectivity index (χ4v) is 4.35. The molecule has 0 radical (unpaired) electrons. The van der Waals surface area contributed by atoms with E-state index in [-0.39, 0.29) is 5.56 Å². The first-order valence-corrected chi connectivity index (χ1v) is 9.62. The molecule has 0 amide bonds. The molecule has 0 fully saturated rings. The lowest BCUT2D eigenvalue weighted by Crippen LogP contribution is -2.39. The van der Waals surface area contributed by atoms with Crippen LogP contribution < -0.4 is 19.6 Å². The van der Waals surface area contributed by atoms with Gasteiger partial charge >= 0.3 is 5.97 Å². The van der Waals surface area contributed by atoms with E-state index < -0.39 is 12.0 Å². The summed E-state index contributed by atoms with van der Waals surface area (Å²) in [4.78, 5) is 30.9. The summed E-state index contributed by atoms with van der Waals surface area (Å²) in [5.74, 6) is 0.164. The van der Waals surface area contributed by atoms with Crippen LogP contribution >= 0.6 is 11.3 Å². The Balaban J connectivity index is 1.97. The third-order valence-electron chi connectivity index (χ3n) is 4.70. The van der Waals surface area contributed by atoms with Crippen LogP contribution in [0.15, 0.2) is 68.3 Å². The molecule has 0 spiro atoms. The zero-order valence-electron chi connectivity index (χ0n) is 16.0. The number of aromatic nitrogens is 1. The van der Waals surface area contributed by atoms with Crippen molar-refractivity contribution in [1.29, 1.82) is 0 Å². The van der Waals surface area contributed by atoms with Crippen molar-refractivity contribution in [1.82, 2.24) is 4.57 Å². The monoisotopic (exact) mass is 410 g/mol. The lowest BCUT2D eigenvalue weighted by atomic mass is 9.96.